The van der Waals surface area contributed by atoms with E-state index in [1.807, 2.05) is 0 Å². The molecule has 0 aromatic carbocycles. The highest BCUT2D eigenvalue weighted by Gasteiger charge is 2.32. The highest BCUT2D eigenvalue weighted by atomic mass is 15.2. The molecule has 0 aliphatic carbocycles. The molecule has 1 heterocycles. The third kappa shape index (κ3) is 4.26. The number of likely N-dealkylation sites (N-methyl/N-ethyl adjacent to an activating group) is 1. The monoisotopic (exact) mass is 240 g/mol. The van der Waals surface area contributed by atoms with Crippen LogP contribution < -0.4 is 5.32 Å². The molecule has 2 nitrogen and oxygen atoms in total. The Labute approximate surface area is 108 Å². The van der Waals surface area contributed by atoms with Crippen molar-refractivity contribution < 1.29 is 0 Å². The summed E-state index contributed by atoms with van der Waals surface area (Å²) in [4.78, 5) is 2.66. The summed E-state index contributed by atoms with van der Waals surface area (Å²) in [6.45, 7) is 15.6. The van der Waals surface area contributed by atoms with E-state index in [-0.39, 0.29) is 0 Å². The molecule has 1 fully saturated rings. The van der Waals surface area contributed by atoms with Crippen molar-refractivity contribution in [3.63, 3.8) is 0 Å². The van der Waals surface area contributed by atoms with Crippen molar-refractivity contribution in [2.45, 2.75) is 53.5 Å². The minimum absolute atomic E-state index is 0.472. The van der Waals surface area contributed by atoms with Crippen LogP contribution >= 0.6 is 0 Å². The van der Waals surface area contributed by atoms with Gasteiger partial charge in [0.1, 0.15) is 0 Å². The standard InChI is InChI=1S/C15H32N2/c1-7-12(2)14(16-6)11-17-9-8-13(10-17)15(3,4)5/h12-14,16H,7-11H2,1-6H3. The van der Waals surface area contributed by atoms with Gasteiger partial charge >= 0.3 is 0 Å². The van der Waals surface area contributed by atoms with Gasteiger partial charge in [0.2, 0.25) is 0 Å². The molecule has 1 saturated heterocycles. The highest BCUT2D eigenvalue weighted by Crippen LogP contribution is 2.33. The van der Waals surface area contributed by atoms with Gasteiger partial charge < -0.3 is 10.2 Å². The van der Waals surface area contributed by atoms with Gasteiger partial charge in [-0.3, -0.25) is 0 Å². The van der Waals surface area contributed by atoms with E-state index in [9.17, 15) is 0 Å². The van der Waals surface area contributed by atoms with Gasteiger partial charge in [0, 0.05) is 19.1 Å². The molecular weight excluding hydrogens is 208 g/mol. The Kier molecular flexibility index (Phi) is 5.46. The van der Waals surface area contributed by atoms with Crippen molar-refractivity contribution in [3.8, 4) is 0 Å². The first-order valence-corrected chi connectivity index (χ1v) is 7.28. The number of likely N-dealkylation sites (tertiary alicyclic amines) is 1. The fourth-order valence-corrected chi connectivity index (χ4v) is 2.82. The van der Waals surface area contributed by atoms with Crippen molar-refractivity contribution in [2.75, 3.05) is 26.7 Å². The molecule has 0 aromatic heterocycles. The molecule has 0 amide bonds. The second kappa shape index (κ2) is 6.19. The van der Waals surface area contributed by atoms with E-state index in [1.165, 1.54) is 32.5 Å². The van der Waals surface area contributed by atoms with Crippen LogP contribution in [0.15, 0.2) is 0 Å². The van der Waals surface area contributed by atoms with Crippen molar-refractivity contribution in [1.29, 1.82) is 0 Å². The van der Waals surface area contributed by atoms with Crippen molar-refractivity contribution in [3.05, 3.63) is 0 Å². The fraction of sp³-hybridized carbons (Fsp3) is 1.00. The number of nitrogens with zero attached hydrogens (tertiary/aromatic N) is 1. The zero-order valence-electron chi connectivity index (χ0n) is 12.7. The highest BCUT2D eigenvalue weighted by molar-refractivity contribution is 4.86. The molecular formula is C15H32N2. The molecule has 0 aromatic rings. The summed E-state index contributed by atoms with van der Waals surface area (Å²) in [6.07, 6.45) is 2.64. The second-order valence-corrected chi connectivity index (χ2v) is 6.89. The van der Waals surface area contributed by atoms with E-state index in [2.05, 4.69) is 51.9 Å². The van der Waals surface area contributed by atoms with E-state index in [0.717, 1.165) is 11.8 Å². The molecule has 2 heteroatoms. The van der Waals surface area contributed by atoms with Crippen LogP contribution in [-0.4, -0.2) is 37.6 Å². The topological polar surface area (TPSA) is 15.3 Å². The Bertz CT molecular complexity index is 219. The predicted molar refractivity (Wildman–Crippen MR) is 76.3 cm³/mol. The third-order valence-corrected chi connectivity index (χ3v) is 4.65. The first-order chi connectivity index (χ1) is 7.88. The van der Waals surface area contributed by atoms with E-state index in [4.69, 9.17) is 0 Å². The Balaban J connectivity index is 2.44. The second-order valence-electron chi connectivity index (χ2n) is 6.89. The molecule has 3 atom stereocenters. The van der Waals surface area contributed by atoms with Crippen LogP contribution in [0, 0.1) is 17.3 Å². The van der Waals surface area contributed by atoms with E-state index < -0.39 is 0 Å². The maximum Gasteiger partial charge on any atom is 0.0217 e. The summed E-state index contributed by atoms with van der Waals surface area (Å²) in [5.41, 5.74) is 0.472. The lowest BCUT2D eigenvalue weighted by molar-refractivity contribution is 0.207. The number of hydrogen-bond donors (Lipinski definition) is 1. The van der Waals surface area contributed by atoms with Gasteiger partial charge in [0.05, 0.1) is 0 Å². The Hall–Kier alpha value is -0.0800. The normalized spacial score (nSPS) is 26.1. The summed E-state index contributed by atoms with van der Waals surface area (Å²) < 4.78 is 0. The summed E-state index contributed by atoms with van der Waals surface area (Å²) in [5.74, 6) is 1.64. The molecule has 0 saturated carbocycles. The number of hydrogen-bond acceptors (Lipinski definition) is 2. The van der Waals surface area contributed by atoms with E-state index in [1.54, 1.807) is 0 Å². The minimum Gasteiger partial charge on any atom is -0.315 e. The molecule has 1 aliphatic heterocycles. The molecule has 1 aliphatic rings. The zero-order valence-corrected chi connectivity index (χ0v) is 12.7. The summed E-state index contributed by atoms with van der Waals surface area (Å²) in [6, 6.07) is 0.652. The Morgan fingerprint density at radius 3 is 2.41 bits per heavy atom. The molecule has 0 bridgehead atoms. The lowest BCUT2D eigenvalue weighted by Gasteiger charge is -2.30. The van der Waals surface area contributed by atoms with Crippen LogP contribution in [0.5, 0.6) is 0 Å². The van der Waals surface area contributed by atoms with Gasteiger partial charge in [-0.1, -0.05) is 41.0 Å². The van der Waals surface area contributed by atoms with Crippen molar-refractivity contribution in [1.82, 2.24) is 10.2 Å². The minimum atomic E-state index is 0.472. The lowest BCUT2D eigenvalue weighted by Crippen LogP contribution is -2.42. The van der Waals surface area contributed by atoms with E-state index in [0.29, 0.717) is 11.5 Å². The summed E-state index contributed by atoms with van der Waals surface area (Å²) >= 11 is 0. The van der Waals surface area contributed by atoms with Crippen molar-refractivity contribution in [2.24, 2.45) is 17.3 Å². The Morgan fingerprint density at radius 2 is 2.00 bits per heavy atom. The van der Waals surface area contributed by atoms with Crippen molar-refractivity contribution >= 4 is 0 Å². The van der Waals surface area contributed by atoms with Gasteiger partial charge in [-0.25, -0.2) is 0 Å². The van der Waals surface area contributed by atoms with Gasteiger partial charge in [-0.05, 0) is 37.3 Å². The predicted octanol–water partition coefficient (Wildman–Crippen LogP) is 2.99. The fourth-order valence-electron chi connectivity index (χ4n) is 2.82. The maximum absolute atomic E-state index is 3.49. The van der Waals surface area contributed by atoms with Gasteiger partial charge in [0.25, 0.3) is 0 Å². The van der Waals surface area contributed by atoms with Crippen LogP contribution in [0.4, 0.5) is 0 Å². The first-order valence-electron chi connectivity index (χ1n) is 7.28. The third-order valence-electron chi connectivity index (χ3n) is 4.65. The van der Waals surface area contributed by atoms with Gasteiger partial charge in [-0.15, -0.1) is 0 Å². The average molecular weight is 240 g/mol. The molecule has 1 rings (SSSR count). The number of rotatable bonds is 5. The van der Waals surface area contributed by atoms with Crippen LogP contribution in [0.3, 0.4) is 0 Å². The van der Waals surface area contributed by atoms with Crippen LogP contribution in [0.25, 0.3) is 0 Å². The number of nitrogens with one attached hydrogen (secondary N) is 1. The van der Waals surface area contributed by atoms with Crippen LogP contribution in [0.2, 0.25) is 0 Å². The quantitative estimate of drug-likeness (QED) is 0.795. The molecule has 102 valence electrons. The SMILES string of the molecule is CCC(C)C(CN1CCC(C(C)(C)C)C1)NC. The summed E-state index contributed by atoms with van der Waals surface area (Å²) in [7, 11) is 2.11. The maximum atomic E-state index is 3.49. The van der Waals surface area contributed by atoms with Crippen LogP contribution in [0.1, 0.15) is 47.5 Å². The molecule has 17 heavy (non-hydrogen) atoms. The molecule has 0 radical (unpaired) electrons. The average Bonchev–Trinajstić information content (AvgIpc) is 2.73. The Morgan fingerprint density at radius 1 is 1.35 bits per heavy atom. The molecule has 1 N–H and O–H groups in total. The lowest BCUT2D eigenvalue weighted by atomic mass is 9.80. The van der Waals surface area contributed by atoms with Gasteiger partial charge in [-0.2, -0.15) is 0 Å². The molecule has 0 spiro atoms. The first kappa shape index (κ1) is 15.0. The summed E-state index contributed by atoms with van der Waals surface area (Å²) in [5, 5.41) is 3.49. The molecule has 3 unspecified atom stereocenters. The zero-order chi connectivity index (χ0) is 13.1. The van der Waals surface area contributed by atoms with Crippen LogP contribution in [-0.2, 0) is 0 Å². The largest absolute Gasteiger partial charge is 0.315 e. The van der Waals surface area contributed by atoms with Gasteiger partial charge in [0.15, 0.2) is 0 Å². The van der Waals surface area contributed by atoms with E-state index >= 15 is 0 Å². The smallest absolute Gasteiger partial charge is 0.0217 e.